The van der Waals surface area contributed by atoms with Gasteiger partial charge in [-0.15, -0.1) is 0 Å². The molecule has 124 valence electrons. The molecule has 2 fully saturated rings. The quantitative estimate of drug-likeness (QED) is 0.819. The molecule has 0 radical (unpaired) electrons. The molecule has 1 saturated heterocycles. The van der Waals surface area contributed by atoms with Gasteiger partial charge in [-0.3, -0.25) is 0 Å². The molecule has 1 heterocycles. The van der Waals surface area contributed by atoms with Gasteiger partial charge in [0.05, 0.1) is 6.26 Å². The molecule has 3 unspecified atom stereocenters. The maximum absolute atomic E-state index is 11.7. The molecular formula is C16H32N2O2S. The largest absolute Gasteiger partial charge is 0.317 e. The van der Waals surface area contributed by atoms with Crippen molar-refractivity contribution < 1.29 is 8.42 Å². The first kappa shape index (κ1) is 17.2. The Kier molecular flexibility index (Phi) is 6.51. The summed E-state index contributed by atoms with van der Waals surface area (Å²) in [5, 5.41) is 3.51. The Labute approximate surface area is 130 Å². The zero-order chi connectivity index (χ0) is 15.3. The van der Waals surface area contributed by atoms with Crippen molar-refractivity contribution in [2.24, 2.45) is 17.8 Å². The van der Waals surface area contributed by atoms with Crippen LogP contribution < -0.4 is 5.32 Å². The van der Waals surface area contributed by atoms with Crippen molar-refractivity contribution in [1.82, 2.24) is 9.62 Å². The smallest absolute Gasteiger partial charge is 0.211 e. The van der Waals surface area contributed by atoms with Gasteiger partial charge in [-0.1, -0.05) is 26.2 Å². The van der Waals surface area contributed by atoms with Gasteiger partial charge in [0.15, 0.2) is 0 Å². The van der Waals surface area contributed by atoms with Crippen LogP contribution in [0.5, 0.6) is 0 Å². The van der Waals surface area contributed by atoms with E-state index in [-0.39, 0.29) is 0 Å². The van der Waals surface area contributed by atoms with E-state index in [2.05, 4.69) is 12.2 Å². The minimum Gasteiger partial charge on any atom is -0.317 e. The second-order valence-electron chi connectivity index (χ2n) is 6.98. The summed E-state index contributed by atoms with van der Waals surface area (Å²) in [4.78, 5) is 0. The predicted molar refractivity (Wildman–Crippen MR) is 87.7 cm³/mol. The molecule has 4 nitrogen and oxygen atoms in total. The van der Waals surface area contributed by atoms with Gasteiger partial charge in [-0.25, -0.2) is 12.7 Å². The van der Waals surface area contributed by atoms with Gasteiger partial charge in [0.1, 0.15) is 0 Å². The van der Waals surface area contributed by atoms with Crippen LogP contribution in [-0.2, 0) is 10.0 Å². The van der Waals surface area contributed by atoms with Crippen molar-refractivity contribution in [3.63, 3.8) is 0 Å². The average Bonchev–Trinajstić information content (AvgIpc) is 2.46. The molecule has 0 bridgehead atoms. The van der Waals surface area contributed by atoms with E-state index in [0.717, 1.165) is 44.4 Å². The highest BCUT2D eigenvalue weighted by Crippen LogP contribution is 2.36. The van der Waals surface area contributed by atoms with E-state index >= 15 is 0 Å². The van der Waals surface area contributed by atoms with Gasteiger partial charge in [-0.05, 0) is 56.5 Å². The topological polar surface area (TPSA) is 49.4 Å². The van der Waals surface area contributed by atoms with Gasteiger partial charge >= 0.3 is 0 Å². The Hall–Kier alpha value is -0.130. The van der Waals surface area contributed by atoms with E-state index < -0.39 is 10.0 Å². The van der Waals surface area contributed by atoms with Crippen LogP contribution >= 0.6 is 0 Å². The number of piperidine rings is 1. The van der Waals surface area contributed by atoms with E-state index in [0.29, 0.717) is 5.92 Å². The molecular weight excluding hydrogens is 284 g/mol. The normalized spacial score (nSPS) is 32.2. The van der Waals surface area contributed by atoms with Crippen molar-refractivity contribution in [3.8, 4) is 0 Å². The summed E-state index contributed by atoms with van der Waals surface area (Å²) in [5.41, 5.74) is 0. The fraction of sp³-hybridized carbons (Fsp3) is 1.00. The van der Waals surface area contributed by atoms with E-state index in [1.165, 1.54) is 44.8 Å². The van der Waals surface area contributed by atoms with Gasteiger partial charge in [-0.2, -0.15) is 0 Å². The number of nitrogens with zero attached hydrogens (tertiary/aromatic N) is 1. The van der Waals surface area contributed by atoms with Crippen LogP contribution in [0.2, 0.25) is 0 Å². The van der Waals surface area contributed by atoms with Crippen molar-refractivity contribution in [2.75, 3.05) is 32.4 Å². The number of hydrogen-bond acceptors (Lipinski definition) is 3. The molecule has 2 aliphatic rings. The van der Waals surface area contributed by atoms with E-state index in [4.69, 9.17) is 0 Å². The summed E-state index contributed by atoms with van der Waals surface area (Å²) in [7, 11) is -3.01. The molecule has 1 saturated carbocycles. The van der Waals surface area contributed by atoms with Gasteiger partial charge < -0.3 is 5.32 Å². The number of nitrogens with one attached hydrogen (secondary N) is 1. The third kappa shape index (κ3) is 5.22. The highest BCUT2D eigenvalue weighted by Gasteiger charge is 2.31. The molecule has 0 aromatic heterocycles. The lowest BCUT2D eigenvalue weighted by Gasteiger charge is -2.37. The van der Waals surface area contributed by atoms with Crippen molar-refractivity contribution in [1.29, 1.82) is 0 Å². The Bertz CT molecular complexity index is 411. The van der Waals surface area contributed by atoms with Crippen LogP contribution in [0.4, 0.5) is 0 Å². The second kappa shape index (κ2) is 7.93. The molecule has 1 aliphatic carbocycles. The fourth-order valence-electron chi connectivity index (χ4n) is 4.14. The molecule has 2 rings (SSSR count). The van der Waals surface area contributed by atoms with Crippen LogP contribution in [0.3, 0.4) is 0 Å². The minimum absolute atomic E-state index is 0.570. The monoisotopic (exact) mass is 316 g/mol. The Morgan fingerprint density at radius 1 is 1.10 bits per heavy atom. The summed E-state index contributed by atoms with van der Waals surface area (Å²) in [6.07, 6.45) is 10.2. The lowest BCUT2D eigenvalue weighted by molar-refractivity contribution is 0.160. The molecule has 0 spiro atoms. The Balaban J connectivity index is 1.89. The molecule has 0 amide bonds. The van der Waals surface area contributed by atoms with Crippen LogP contribution in [0.25, 0.3) is 0 Å². The number of sulfonamides is 1. The first-order valence-corrected chi connectivity index (χ1v) is 10.5. The first-order valence-electron chi connectivity index (χ1n) is 8.66. The predicted octanol–water partition coefficient (Wildman–Crippen LogP) is 2.46. The van der Waals surface area contributed by atoms with Gasteiger partial charge in [0, 0.05) is 13.1 Å². The van der Waals surface area contributed by atoms with Gasteiger partial charge in [0.25, 0.3) is 0 Å². The summed E-state index contributed by atoms with van der Waals surface area (Å²) < 4.78 is 25.2. The van der Waals surface area contributed by atoms with Crippen LogP contribution in [0, 0.1) is 17.8 Å². The van der Waals surface area contributed by atoms with Crippen molar-refractivity contribution in [2.45, 2.75) is 51.9 Å². The third-order valence-corrected chi connectivity index (χ3v) is 6.58. The zero-order valence-corrected chi connectivity index (χ0v) is 14.5. The standard InChI is InChI=1S/C16H32N2O2S/c1-3-17-12-16-9-5-4-8-15(16)11-14-7-6-10-18(13-14)21(2,19)20/h14-17H,3-13H2,1-2H3. The zero-order valence-electron chi connectivity index (χ0n) is 13.7. The summed E-state index contributed by atoms with van der Waals surface area (Å²) in [6.45, 7) is 5.84. The van der Waals surface area contributed by atoms with Crippen LogP contribution in [-0.4, -0.2) is 45.2 Å². The molecule has 21 heavy (non-hydrogen) atoms. The van der Waals surface area contributed by atoms with Gasteiger partial charge in [0.2, 0.25) is 10.0 Å². The highest BCUT2D eigenvalue weighted by molar-refractivity contribution is 7.88. The Morgan fingerprint density at radius 3 is 2.48 bits per heavy atom. The fourth-order valence-corrected chi connectivity index (χ4v) is 5.08. The second-order valence-corrected chi connectivity index (χ2v) is 8.96. The van der Waals surface area contributed by atoms with Crippen LogP contribution in [0.1, 0.15) is 51.9 Å². The highest BCUT2D eigenvalue weighted by atomic mass is 32.2. The molecule has 0 aromatic rings. The van der Waals surface area contributed by atoms with E-state index in [1.54, 1.807) is 4.31 Å². The minimum atomic E-state index is -3.01. The molecule has 1 aliphatic heterocycles. The van der Waals surface area contributed by atoms with Crippen LogP contribution in [0.15, 0.2) is 0 Å². The van der Waals surface area contributed by atoms with Crippen molar-refractivity contribution in [3.05, 3.63) is 0 Å². The van der Waals surface area contributed by atoms with E-state index in [9.17, 15) is 8.42 Å². The lowest BCUT2D eigenvalue weighted by atomic mass is 9.74. The summed E-state index contributed by atoms with van der Waals surface area (Å²) >= 11 is 0. The summed E-state index contributed by atoms with van der Waals surface area (Å²) in [6, 6.07) is 0. The lowest BCUT2D eigenvalue weighted by Crippen LogP contribution is -2.41. The molecule has 1 N–H and O–H groups in total. The summed E-state index contributed by atoms with van der Waals surface area (Å²) in [5.74, 6) is 2.16. The first-order chi connectivity index (χ1) is 10.0. The SMILES string of the molecule is CCNCC1CCCCC1CC1CCCN(S(C)(=O)=O)C1. The Morgan fingerprint density at radius 2 is 1.81 bits per heavy atom. The maximum atomic E-state index is 11.7. The molecule has 3 atom stereocenters. The number of rotatable bonds is 6. The maximum Gasteiger partial charge on any atom is 0.211 e. The number of hydrogen-bond donors (Lipinski definition) is 1. The van der Waals surface area contributed by atoms with E-state index in [1.807, 2.05) is 0 Å². The molecule has 0 aromatic carbocycles. The molecule has 5 heteroatoms. The third-order valence-electron chi connectivity index (χ3n) is 5.31. The average molecular weight is 317 g/mol. The van der Waals surface area contributed by atoms with Crippen molar-refractivity contribution >= 4 is 10.0 Å².